The molecule has 104 valence electrons. The highest BCUT2D eigenvalue weighted by atomic mass is 35.5. The van der Waals surface area contributed by atoms with E-state index in [2.05, 4.69) is 16.2 Å². The maximum atomic E-state index is 11.7. The van der Waals surface area contributed by atoms with Crippen LogP contribution < -0.4 is 16.2 Å². The lowest BCUT2D eigenvalue weighted by molar-refractivity contribution is 0.254. The molecular formula is C13H10Cl3N3O. The van der Waals surface area contributed by atoms with Crippen LogP contribution in [0.25, 0.3) is 0 Å². The molecule has 0 aliphatic rings. The third-order valence-corrected chi connectivity index (χ3v) is 3.43. The zero-order valence-corrected chi connectivity index (χ0v) is 12.4. The predicted molar refractivity (Wildman–Crippen MR) is 83.7 cm³/mol. The second kappa shape index (κ2) is 6.70. The zero-order chi connectivity index (χ0) is 14.5. The van der Waals surface area contributed by atoms with Crippen molar-refractivity contribution in [2.45, 2.75) is 0 Å². The fourth-order valence-electron chi connectivity index (χ4n) is 1.42. The first kappa shape index (κ1) is 14.8. The topological polar surface area (TPSA) is 53.2 Å². The maximum absolute atomic E-state index is 11.7. The number of benzene rings is 2. The molecule has 3 N–H and O–H groups in total. The molecule has 2 aromatic rings. The van der Waals surface area contributed by atoms with E-state index in [4.69, 9.17) is 34.8 Å². The normalized spacial score (nSPS) is 9.95. The fraction of sp³-hybridized carbons (Fsp3) is 0. The highest BCUT2D eigenvalue weighted by molar-refractivity contribution is 6.42. The molecule has 4 nitrogen and oxygen atoms in total. The number of carbonyl (C=O) groups excluding carboxylic acids is 1. The first-order valence-electron chi connectivity index (χ1n) is 5.59. The van der Waals surface area contributed by atoms with Gasteiger partial charge >= 0.3 is 6.03 Å². The van der Waals surface area contributed by atoms with E-state index in [1.807, 2.05) is 0 Å². The monoisotopic (exact) mass is 329 g/mol. The Bertz CT molecular complexity index is 634. The summed E-state index contributed by atoms with van der Waals surface area (Å²) < 4.78 is 0. The first-order chi connectivity index (χ1) is 9.56. The van der Waals surface area contributed by atoms with Crippen LogP contribution in [-0.2, 0) is 0 Å². The largest absolute Gasteiger partial charge is 0.337 e. The van der Waals surface area contributed by atoms with Crippen LogP contribution >= 0.6 is 34.8 Å². The number of rotatable bonds is 3. The number of anilines is 2. The standard InChI is InChI=1S/C13H10Cl3N3O/c14-9-6-5-8(7-11(9)16)17-13(20)19-18-12-4-2-1-3-10(12)15/h1-7,18H,(H2,17,19,20). The molecular weight excluding hydrogens is 321 g/mol. The molecule has 0 saturated carbocycles. The van der Waals surface area contributed by atoms with Crippen molar-refractivity contribution in [1.82, 2.24) is 5.43 Å². The Balaban J connectivity index is 1.93. The molecule has 2 aromatic carbocycles. The minimum absolute atomic E-state index is 0.364. The van der Waals surface area contributed by atoms with Crippen molar-refractivity contribution >= 4 is 52.2 Å². The zero-order valence-electron chi connectivity index (χ0n) is 10.1. The van der Waals surface area contributed by atoms with Crippen molar-refractivity contribution in [1.29, 1.82) is 0 Å². The highest BCUT2D eigenvalue weighted by Gasteiger charge is 2.04. The van der Waals surface area contributed by atoms with Crippen LogP contribution in [0.15, 0.2) is 42.5 Å². The Labute approximate surface area is 131 Å². The number of para-hydroxylation sites is 1. The lowest BCUT2D eigenvalue weighted by Gasteiger charge is -2.11. The van der Waals surface area contributed by atoms with Gasteiger partial charge in [0.05, 0.1) is 20.8 Å². The molecule has 0 fully saturated rings. The molecule has 0 heterocycles. The SMILES string of the molecule is O=C(NNc1ccccc1Cl)Nc1ccc(Cl)c(Cl)c1. The van der Waals surface area contributed by atoms with E-state index in [-0.39, 0.29) is 0 Å². The molecule has 0 unspecified atom stereocenters. The van der Waals surface area contributed by atoms with Crippen LogP contribution in [0.5, 0.6) is 0 Å². The van der Waals surface area contributed by atoms with E-state index in [0.29, 0.717) is 26.4 Å². The Kier molecular flexibility index (Phi) is 4.95. The Hall–Kier alpha value is -1.62. The molecule has 0 aliphatic carbocycles. The van der Waals surface area contributed by atoms with Gasteiger partial charge in [0.25, 0.3) is 0 Å². The number of hydrogen-bond donors (Lipinski definition) is 3. The van der Waals surface area contributed by atoms with E-state index < -0.39 is 6.03 Å². The lowest BCUT2D eigenvalue weighted by Crippen LogP contribution is -2.33. The van der Waals surface area contributed by atoms with Gasteiger partial charge in [0.2, 0.25) is 0 Å². The van der Waals surface area contributed by atoms with E-state index >= 15 is 0 Å². The molecule has 0 bridgehead atoms. The van der Waals surface area contributed by atoms with Gasteiger partial charge in [-0.15, -0.1) is 0 Å². The number of amides is 2. The molecule has 0 aromatic heterocycles. The Morgan fingerprint density at radius 2 is 1.65 bits per heavy atom. The molecule has 0 radical (unpaired) electrons. The summed E-state index contributed by atoms with van der Waals surface area (Å²) in [6, 6.07) is 11.4. The maximum Gasteiger partial charge on any atom is 0.337 e. The molecule has 2 rings (SSSR count). The van der Waals surface area contributed by atoms with Crippen LogP contribution in [0, 0.1) is 0 Å². The third kappa shape index (κ3) is 3.93. The molecule has 2 amide bonds. The summed E-state index contributed by atoms with van der Waals surface area (Å²) in [6.07, 6.45) is 0. The van der Waals surface area contributed by atoms with Gasteiger partial charge in [-0.25, -0.2) is 4.79 Å². The van der Waals surface area contributed by atoms with E-state index in [1.165, 1.54) is 0 Å². The van der Waals surface area contributed by atoms with Crippen LogP contribution in [0.1, 0.15) is 0 Å². The van der Waals surface area contributed by atoms with Gasteiger partial charge in [0.15, 0.2) is 0 Å². The van der Waals surface area contributed by atoms with E-state index in [0.717, 1.165) is 0 Å². The van der Waals surface area contributed by atoms with Crippen molar-refractivity contribution in [3.63, 3.8) is 0 Å². The second-order valence-electron chi connectivity index (χ2n) is 3.81. The van der Waals surface area contributed by atoms with E-state index in [9.17, 15) is 4.79 Å². The van der Waals surface area contributed by atoms with Crippen molar-refractivity contribution in [3.8, 4) is 0 Å². The van der Waals surface area contributed by atoms with Gasteiger partial charge < -0.3 is 5.32 Å². The molecule has 0 aliphatic heterocycles. The molecule has 20 heavy (non-hydrogen) atoms. The summed E-state index contributed by atoms with van der Waals surface area (Å²) in [7, 11) is 0. The van der Waals surface area contributed by atoms with E-state index in [1.54, 1.807) is 42.5 Å². The Morgan fingerprint density at radius 1 is 0.900 bits per heavy atom. The fourth-order valence-corrected chi connectivity index (χ4v) is 1.90. The minimum Gasteiger partial charge on any atom is -0.307 e. The van der Waals surface area contributed by atoms with Crippen LogP contribution in [0.4, 0.5) is 16.2 Å². The quantitative estimate of drug-likeness (QED) is 0.708. The van der Waals surface area contributed by atoms with Crippen molar-refractivity contribution in [2.75, 3.05) is 10.7 Å². The molecule has 7 heteroatoms. The van der Waals surface area contributed by atoms with Gasteiger partial charge in [-0.1, -0.05) is 46.9 Å². The molecule has 0 atom stereocenters. The average Bonchev–Trinajstić information content (AvgIpc) is 2.42. The van der Waals surface area contributed by atoms with Gasteiger partial charge in [-0.05, 0) is 30.3 Å². The number of halogens is 3. The smallest absolute Gasteiger partial charge is 0.307 e. The highest BCUT2D eigenvalue weighted by Crippen LogP contribution is 2.25. The van der Waals surface area contributed by atoms with Gasteiger partial charge in [-0.2, -0.15) is 0 Å². The first-order valence-corrected chi connectivity index (χ1v) is 6.72. The third-order valence-electron chi connectivity index (χ3n) is 2.36. The van der Waals surface area contributed by atoms with Crippen molar-refractivity contribution < 1.29 is 4.79 Å². The minimum atomic E-state index is -0.455. The van der Waals surface area contributed by atoms with Crippen LogP contribution in [-0.4, -0.2) is 6.03 Å². The predicted octanol–water partition coefficient (Wildman–Crippen LogP) is 4.80. The van der Waals surface area contributed by atoms with Crippen molar-refractivity contribution in [2.24, 2.45) is 0 Å². The number of carbonyl (C=O) groups is 1. The second-order valence-corrected chi connectivity index (χ2v) is 5.03. The average molecular weight is 331 g/mol. The van der Waals surface area contributed by atoms with Crippen LogP contribution in [0.2, 0.25) is 15.1 Å². The summed E-state index contributed by atoms with van der Waals surface area (Å²) in [6.45, 7) is 0. The summed E-state index contributed by atoms with van der Waals surface area (Å²) >= 11 is 17.6. The summed E-state index contributed by atoms with van der Waals surface area (Å²) in [5.41, 5.74) is 6.29. The summed E-state index contributed by atoms with van der Waals surface area (Å²) in [5.74, 6) is 0. The lowest BCUT2D eigenvalue weighted by atomic mass is 10.3. The molecule has 0 saturated heterocycles. The van der Waals surface area contributed by atoms with Crippen LogP contribution in [0.3, 0.4) is 0 Å². The number of nitrogens with one attached hydrogen (secondary N) is 3. The van der Waals surface area contributed by atoms with Gasteiger partial charge in [0, 0.05) is 5.69 Å². The van der Waals surface area contributed by atoms with Gasteiger partial charge in [-0.3, -0.25) is 10.9 Å². The Morgan fingerprint density at radius 3 is 2.35 bits per heavy atom. The number of hydrogen-bond acceptors (Lipinski definition) is 2. The number of hydrazine groups is 1. The van der Waals surface area contributed by atoms with Gasteiger partial charge in [0.1, 0.15) is 0 Å². The molecule has 0 spiro atoms. The number of urea groups is 1. The summed E-state index contributed by atoms with van der Waals surface area (Å²) in [4.78, 5) is 11.7. The van der Waals surface area contributed by atoms with Crippen molar-refractivity contribution in [3.05, 3.63) is 57.5 Å². The summed E-state index contributed by atoms with van der Waals surface area (Å²) in [5, 5.41) is 3.89.